The van der Waals surface area contributed by atoms with Gasteiger partial charge in [0.15, 0.2) is 0 Å². The molecule has 86 valence electrons. The third-order valence-corrected chi connectivity index (χ3v) is 2.13. The first-order chi connectivity index (χ1) is 8.35. The van der Waals surface area contributed by atoms with Crippen molar-refractivity contribution in [3.63, 3.8) is 0 Å². The molecule has 0 radical (unpaired) electrons. The van der Waals surface area contributed by atoms with E-state index in [4.69, 9.17) is 10.1 Å². The Kier molecular flexibility index (Phi) is 3.45. The maximum Gasteiger partial charge on any atom is 0.119 e. The van der Waals surface area contributed by atoms with Crippen LogP contribution in [0.4, 0.5) is 0 Å². The summed E-state index contributed by atoms with van der Waals surface area (Å²) in [6.07, 6.45) is 1.56. The van der Waals surface area contributed by atoms with Crippen LogP contribution in [-0.2, 0) is 9.78 Å². The second-order valence-corrected chi connectivity index (χ2v) is 3.22. The van der Waals surface area contributed by atoms with Gasteiger partial charge in [0.1, 0.15) is 12.1 Å². The normalized spacial score (nSPS) is 11.6. The first kappa shape index (κ1) is 11.3. The number of fused-ring (bicyclic) bond motifs is 1. The van der Waals surface area contributed by atoms with Gasteiger partial charge in [0.05, 0.1) is 24.3 Å². The lowest BCUT2D eigenvalue weighted by Gasteiger charge is -1.98. The van der Waals surface area contributed by atoms with Crippen LogP contribution >= 0.6 is 0 Å². The van der Waals surface area contributed by atoms with Gasteiger partial charge in [-0.25, -0.2) is 14.5 Å². The number of hydrogen-bond donors (Lipinski definition) is 0. The molecule has 1 heterocycles. The molecule has 0 atom stereocenters. The van der Waals surface area contributed by atoms with Crippen LogP contribution < -0.4 is 0 Å². The van der Waals surface area contributed by atoms with E-state index < -0.39 is 0 Å². The minimum absolute atomic E-state index is 0.0706. The fraction of sp³-hybridized carbons (Fsp3) is 0.182. The highest BCUT2D eigenvalue weighted by atomic mass is 17.2. The highest BCUT2D eigenvalue weighted by molar-refractivity contribution is 5.76. The summed E-state index contributed by atoms with van der Waals surface area (Å²) in [4.78, 5) is 9.14. The molecule has 0 amide bonds. The van der Waals surface area contributed by atoms with E-state index in [1.807, 2.05) is 30.3 Å². The molecular formula is C11H10N4O2. The van der Waals surface area contributed by atoms with Crippen LogP contribution in [0.2, 0.25) is 0 Å². The lowest BCUT2D eigenvalue weighted by Crippen LogP contribution is -1.98. The Bertz CT molecular complexity index is 582. The van der Waals surface area contributed by atoms with Crippen LogP contribution in [-0.4, -0.2) is 28.7 Å². The maximum absolute atomic E-state index is 8.91. The zero-order valence-electron chi connectivity index (χ0n) is 9.20. The first-order valence-corrected chi connectivity index (χ1v) is 4.91. The van der Waals surface area contributed by atoms with Gasteiger partial charge in [-0.3, -0.25) is 0 Å². The number of para-hydroxylation sites is 1. The number of rotatable bonds is 4. The molecule has 0 N–H and O–H groups in total. The molecule has 2 rings (SSSR count). The van der Waals surface area contributed by atoms with E-state index >= 15 is 0 Å². The predicted molar refractivity (Wildman–Crippen MR) is 60.4 cm³/mol. The van der Waals surface area contributed by atoms with Crippen molar-refractivity contribution in [2.75, 3.05) is 13.7 Å². The number of hydrogen-bond acceptors (Lipinski definition) is 5. The van der Waals surface area contributed by atoms with Crippen molar-refractivity contribution in [3.8, 4) is 6.07 Å². The molecule has 6 heteroatoms. The van der Waals surface area contributed by atoms with E-state index in [-0.39, 0.29) is 6.61 Å². The summed E-state index contributed by atoms with van der Waals surface area (Å²) in [7, 11) is 1.39. The van der Waals surface area contributed by atoms with Crippen LogP contribution in [0.1, 0.15) is 0 Å². The second kappa shape index (κ2) is 5.21. The smallest absolute Gasteiger partial charge is 0.119 e. The summed E-state index contributed by atoms with van der Waals surface area (Å²) in [6, 6.07) is 9.49. The molecule has 2 aromatic rings. The molecule has 0 saturated heterocycles. The topological polar surface area (TPSA) is 73.0 Å². The number of aromatic nitrogens is 3. The molecule has 6 nitrogen and oxygen atoms in total. The molecule has 0 aliphatic heterocycles. The fourth-order valence-electron chi connectivity index (χ4n) is 1.35. The van der Waals surface area contributed by atoms with Crippen LogP contribution in [0.5, 0.6) is 0 Å². The Morgan fingerprint density at radius 1 is 1.53 bits per heavy atom. The zero-order chi connectivity index (χ0) is 12.1. The molecule has 1 aromatic carbocycles. The summed E-state index contributed by atoms with van der Waals surface area (Å²) in [6.45, 7) is 0.0706. The zero-order valence-corrected chi connectivity index (χ0v) is 9.20. The van der Waals surface area contributed by atoms with Crippen LogP contribution in [0.25, 0.3) is 17.2 Å². The van der Waals surface area contributed by atoms with Gasteiger partial charge in [-0.05, 0) is 12.1 Å². The second-order valence-electron chi connectivity index (χ2n) is 3.22. The van der Waals surface area contributed by atoms with Gasteiger partial charge in [0.2, 0.25) is 0 Å². The van der Waals surface area contributed by atoms with E-state index in [0.717, 1.165) is 11.0 Å². The van der Waals surface area contributed by atoms with E-state index in [9.17, 15) is 0 Å². The third kappa shape index (κ3) is 2.47. The minimum atomic E-state index is 0.0706. The van der Waals surface area contributed by atoms with Crippen LogP contribution in [0.15, 0.2) is 29.8 Å². The first-order valence-electron chi connectivity index (χ1n) is 4.91. The van der Waals surface area contributed by atoms with Crippen molar-refractivity contribution in [2.24, 2.45) is 0 Å². The van der Waals surface area contributed by atoms with Crippen molar-refractivity contribution in [1.29, 1.82) is 5.26 Å². The quantitative estimate of drug-likeness (QED) is 0.450. The van der Waals surface area contributed by atoms with E-state index in [0.29, 0.717) is 5.57 Å². The molecule has 0 fully saturated rings. The summed E-state index contributed by atoms with van der Waals surface area (Å²) in [5.74, 6) is 0. The van der Waals surface area contributed by atoms with Crippen molar-refractivity contribution >= 4 is 17.2 Å². The summed E-state index contributed by atoms with van der Waals surface area (Å²) in [5.41, 5.74) is 1.99. The SMILES string of the molecule is COOCC(C#N)=Cn1nnc2ccccc21. The number of benzene rings is 1. The van der Waals surface area contributed by atoms with Crippen LogP contribution in [0.3, 0.4) is 0 Å². The van der Waals surface area contributed by atoms with Crippen molar-refractivity contribution in [1.82, 2.24) is 15.0 Å². The Morgan fingerprint density at radius 2 is 2.35 bits per heavy atom. The lowest BCUT2D eigenvalue weighted by molar-refractivity contribution is -0.264. The van der Waals surface area contributed by atoms with Crippen molar-refractivity contribution in [3.05, 3.63) is 29.8 Å². The van der Waals surface area contributed by atoms with E-state index in [2.05, 4.69) is 15.2 Å². The highest BCUT2D eigenvalue weighted by Crippen LogP contribution is 2.11. The van der Waals surface area contributed by atoms with Crippen molar-refractivity contribution in [2.45, 2.75) is 0 Å². The predicted octanol–water partition coefficient (Wildman–Crippen LogP) is 1.37. The van der Waals surface area contributed by atoms with Gasteiger partial charge in [0.25, 0.3) is 0 Å². The van der Waals surface area contributed by atoms with E-state index in [1.54, 1.807) is 6.20 Å². The molecule has 0 aliphatic rings. The summed E-state index contributed by atoms with van der Waals surface area (Å²) in [5, 5.41) is 16.8. The lowest BCUT2D eigenvalue weighted by atomic mass is 10.3. The van der Waals surface area contributed by atoms with Gasteiger partial charge < -0.3 is 0 Å². The third-order valence-electron chi connectivity index (χ3n) is 2.13. The van der Waals surface area contributed by atoms with Gasteiger partial charge in [-0.2, -0.15) is 5.26 Å². The average Bonchev–Trinajstić information content (AvgIpc) is 2.78. The van der Waals surface area contributed by atoms with Gasteiger partial charge in [-0.15, -0.1) is 5.10 Å². The fourth-order valence-corrected chi connectivity index (χ4v) is 1.35. The highest BCUT2D eigenvalue weighted by Gasteiger charge is 2.03. The summed E-state index contributed by atoms with van der Waals surface area (Å²) >= 11 is 0. The minimum Gasteiger partial charge on any atom is -0.240 e. The molecule has 0 bridgehead atoms. The van der Waals surface area contributed by atoms with Gasteiger partial charge in [0, 0.05) is 6.20 Å². The van der Waals surface area contributed by atoms with Crippen LogP contribution in [0, 0.1) is 11.3 Å². The molecular weight excluding hydrogens is 220 g/mol. The Balaban J connectivity index is 2.33. The molecule has 0 spiro atoms. The summed E-state index contributed by atoms with van der Waals surface area (Å²) < 4.78 is 1.53. The Morgan fingerprint density at radius 3 is 3.12 bits per heavy atom. The monoisotopic (exact) mass is 230 g/mol. The molecule has 1 aromatic heterocycles. The van der Waals surface area contributed by atoms with Gasteiger partial charge in [-0.1, -0.05) is 17.3 Å². The Labute approximate surface area is 97.6 Å². The largest absolute Gasteiger partial charge is 0.240 e. The average molecular weight is 230 g/mol. The Hall–Kier alpha value is -2.23. The van der Waals surface area contributed by atoms with Crippen molar-refractivity contribution < 1.29 is 9.78 Å². The molecule has 0 aliphatic carbocycles. The number of nitrogens with zero attached hydrogens (tertiary/aromatic N) is 4. The molecule has 0 saturated carbocycles. The standard InChI is InChI=1S/C11H10N4O2/c1-16-17-8-9(6-12)7-15-11-5-3-2-4-10(11)13-14-15/h2-5,7H,8H2,1H3. The maximum atomic E-state index is 8.91. The molecule has 17 heavy (non-hydrogen) atoms. The number of nitriles is 1. The van der Waals surface area contributed by atoms with E-state index in [1.165, 1.54) is 11.8 Å². The van der Waals surface area contributed by atoms with Gasteiger partial charge >= 0.3 is 0 Å². The molecule has 0 unspecified atom stereocenters.